The first-order valence-electron chi connectivity index (χ1n) is 8.64. The number of carbonyl (C=O) groups is 2. The summed E-state index contributed by atoms with van der Waals surface area (Å²) < 4.78 is 5.28. The molecule has 2 heterocycles. The minimum atomic E-state index is -0.414. The summed E-state index contributed by atoms with van der Waals surface area (Å²) in [7, 11) is 1.56. The number of fused-ring (bicyclic) bond motifs is 2. The van der Waals surface area contributed by atoms with Gasteiger partial charge in [-0.15, -0.1) is 0 Å². The number of hydrogen-bond donors (Lipinski definition) is 0. The molecule has 0 radical (unpaired) electrons. The van der Waals surface area contributed by atoms with E-state index in [9.17, 15) is 9.59 Å². The topological polar surface area (TPSA) is 49.9 Å². The summed E-state index contributed by atoms with van der Waals surface area (Å²) in [6.07, 6.45) is 1.52. The summed E-state index contributed by atoms with van der Waals surface area (Å²) >= 11 is 6.31. The number of anilines is 1. The molecule has 2 aliphatic rings. The minimum absolute atomic E-state index is 0.0558. The highest BCUT2D eigenvalue weighted by molar-refractivity contribution is 6.31. The number of carbonyl (C=O) groups excluding carboxylic acids is 2. The van der Waals surface area contributed by atoms with Gasteiger partial charge in [0, 0.05) is 11.6 Å². The van der Waals surface area contributed by atoms with Crippen LogP contribution < -0.4 is 9.64 Å². The first-order chi connectivity index (χ1) is 12.6. The average molecular weight is 371 g/mol. The van der Waals surface area contributed by atoms with Crippen molar-refractivity contribution in [2.75, 3.05) is 18.6 Å². The molecule has 2 amide bonds. The van der Waals surface area contributed by atoms with Crippen molar-refractivity contribution in [3.63, 3.8) is 0 Å². The van der Waals surface area contributed by atoms with E-state index < -0.39 is 6.04 Å². The lowest BCUT2D eigenvalue weighted by atomic mass is 10.1. The van der Waals surface area contributed by atoms with Crippen molar-refractivity contribution in [2.24, 2.45) is 0 Å². The second-order valence-corrected chi connectivity index (χ2v) is 6.96. The highest BCUT2D eigenvalue weighted by atomic mass is 35.5. The maximum absolute atomic E-state index is 13.3. The standard InChI is InChI=1S/C20H19ClN2O3/c1-26-14-8-9-17-15(11-14)19(24)22-10-4-7-18(22)20(25)23(17)12-13-5-2-3-6-16(13)21/h2-3,5-6,8-9,11,18H,4,7,10,12H2,1H3/t18-/m0/s1. The van der Waals surface area contributed by atoms with Crippen LogP contribution >= 0.6 is 11.6 Å². The highest BCUT2D eigenvalue weighted by Crippen LogP contribution is 2.35. The first kappa shape index (κ1) is 16.9. The molecular formula is C20H19ClN2O3. The third kappa shape index (κ3) is 2.72. The Bertz CT molecular complexity index is 883. The van der Waals surface area contributed by atoms with Gasteiger partial charge in [0.25, 0.3) is 5.91 Å². The van der Waals surface area contributed by atoms with Gasteiger partial charge in [0.15, 0.2) is 0 Å². The molecule has 134 valence electrons. The molecule has 2 aromatic rings. The van der Waals surface area contributed by atoms with Crippen molar-refractivity contribution < 1.29 is 14.3 Å². The number of halogens is 1. The van der Waals surface area contributed by atoms with Gasteiger partial charge in [-0.3, -0.25) is 9.59 Å². The number of hydrogen-bond acceptors (Lipinski definition) is 3. The van der Waals surface area contributed by atoms with Crippen LogP contribution in [0.1, 0.15) is 28.8 Å². The number of ether oxygens (including phenoxy) is 1. The van der Waals surface area contributed by atoms with Crippen LogP contribution in [0.5, 0.6) is 5.75 Å². The molecule has 1 fully saturated rings. The molecule has 26 heavy (non-hydrogen) atoms. The second-order valence-electron chi connectivity index (χ2n) is 6.56. The van der Waals surface area contributed by atoms with E-state index in [1.165, 1.54) is 0 Å². The monoisotopic (exact) mass is 370 g/mol. The third-order valence-electron chi connectivity index (χ3n) is 5.08. The van der Waals surface area contributed by atoms with Crippen molar-refractivity contribution in [3.05, 3.63) is 58.6 Å². The van der Waals surface area contributed by atoms with Crippen molar-refractivity contribution in [3.8, 4) is 5.75 Å². The van der Waals surface area contributed by atoms with Gasteiger partial charge in [-0.05, 0) is 42.7 Å². The molecule has 0 unspecified atom stereocenters. The summed E-state index contributed by atoms with van der Waals surface area (Å²) in [6.45, 7) is 0.932. The van der Waals surface area contributed by atoms with E-state index in [-0.39, 0.29) is 11.8 Å². The van der Waals surface area contributed by atoms with Gasteiger partial charge >= 0.3 is 0 Å². The van der Waals surface area contributed by atoms with E-state index in [4.69, 9.17) is 16.3 Å². The van der Waals surface area contributed by atoms with E-state index in [0.717, 1.165) is 12.0 Å². The van der Waals surface area contributed by atoms with E-state index in [0.29, 0.717) is 41.5 Å². The quantitative estimate of drug-likeness (QED) is 0.830. The Balaban J connectivity index is 1.83. The Labute approximate surface area is 157 Å². The summed E-state index contributed by atoms with van der Waals surface area (Å²) in [5, 5.41) is 0.606. The first-order valence-corrected chi connectivity index (χ1v) is 9.01. The summed E-state index contributed by atoms with van der Waals surface area (Å²) in [5.41, 5.74) is 1.95. The summed E-state index contributed by atoms with van der Waals surface area (Å²) in [6, 6.07) is 12.3. The molecule has 0 spiro atoms. The largest absolute Gasteiger partial charge is 0.497 e. The fraction of sp³-hybridized carbons (Fsp3) is 0.300. The van der Waals surface area contributed by atoms with Gasteiger partial charge in [-0.2, -0.15) is 0 Å². The molecule has 4 rings (SSSR count). The van der Waals surface area contributed by atoms with Crippen LogP contribution in [0.4, 0.5) is 5.69 Å². The lowest BCUT2D eigenvalue weighted by Crippen LogP contribution is -2.44. The maximum atomic E-state index is 13.3. The third-order valence-corrected chi connectivity index (χ3v) is 5.44. The second kappa shape index (κ2) is 6.65. The predicted molar refractivity (Wildman–Crippen MR) is 99.7 cm³/mol. The van der Waals surface area contributed by atoms with E-state index in [1.807, 2.05) is 18.2 Å². The molecule has 5 nitrogen and oxygen atoms in total. The molecule has 0 N–H and O–H groups in total. The van der Waals surface area contributed by atoms with Crippen LogP contribution in [0.2, 0.25) is 5.02 Å². The molecule has 2 aliphatic heterocycles. The van der Waals surface area contributed by atoms with E-state index in [2.05, 4.69) is 0 Å². The predicted octanol–water partition coefficient (Wildman–Crippen LogP) is 3.50. The normalized spacial score (nSPS) is 19.2. The molecule has 1 atom stereocenters. The van der Waals surface area contributed by atoms with E-state index >= 15 is 0 Å². The fourth-order valence-corrected chi connectivity index (χ4v) is 3.92. The number of methoxy groups -OCH3 is 1. The Morgan fingerprint density at radius 2 is 2.00 bits per heavy atom. The summed E-state index contributed by atoms with van der Waals surface area (Å²) in [5.74, 6) is 0.427. The Kier molecular flexibility index (Phi) is 4.32. The lowest BCUT2D eigenvalue weighted by Gasteiger charge is -2.26. The Hall–Kier alpha value is -2.53. The molecule has 0 bridgehead atoms. The van der Waals surface area contributed by atoms with E-state index in [1.54, 1.807) is 41.2 Å². The Morgan fingerprint density at radius 3 is 2.77 bits per heavy atom. The number of rotatable bonds is 3. The lowest BCUT2D eigenvalue weighted by molar-refractivity contribution is -0.122. The SMILES string of the molecule is COc1ccc2c(c1)C(=O)N1CCC[C@H]1C(=O)N2Cc1ccccc1Cl. The minimum Gasteiger partial charge on any atom is -0.497 e. The molecule has 0 aromatic heterocycles. The number of nitrogens with zero attached hydrogens (tertiary/aromatic N) is 2. The molecular weight excluding hydrogens is 352 g/mol. The van der Waals surface area contributed by atoms with Crippen LogP contribution in [0.3, 0.4) is 0 Å². The molecule has 6 heteroatoms. The smallest absolute Gasteiger partial charge is 0.256 e. The van der Waals surface area contributed by atoms with Gasteiger partial charge in [0.05, 0.1) is 24.9 Å². The van der Waals surface area contributed by atoms with Crippen LogP contribution in [0.15, 0.2) is 42.5 Å². The summed E-state index contributed by atoms with van der Waals surface area (Å²) in [4.78, 5) is 29.7. The van der Waals surface area contributed by atoms with Crippen molar-refractivity contribution in [1.82, 2.24) is 4.90 Å². The van der Waals surface area contributed by atoms with Crippen LogP contribution in [0, 0.1) is 0 Å². The zero-order valence-corrected chi connectivity index (χ0v) is 15.2. The van der Waals surface area contributed by atoms with Gasteiger partial charge in [0.2, 0.25) is 5.91 Å². The average Bonchev–Trinajstić information content (AvgIpc) is 3.13. The Morgan fingerprint density at radius 1 is 1.19 bits per heavy atom. The maximum Gasteiger partial charge on any atom is 0.256 e. The van der Waals surface area contributed by atoms with Crippen molar-refractivity contribution in [1.29, 1.82) is 0 Å². The molecule has 0 aliphatic carbocycles. The van der Waals surface area contributed by atoms with Gasteiger partial charge in [0.1, 0.15) is 11.8 Å². The fourth-order valence-electron chi connectivity index (χ4n) is 3.73. The zero-order chi connectivity index (χ0) is 18.3. The van der Waals surface area contributed by atoms with Gasteiger partial charge < -0.3 is 14.5 Å². The molecule has 1 saturated heterocycles. The highest BCUT2D eigenvalue weighted by Gasteiger charge is 2.42. The van der Waals surface area contributed by atoms with Crippen molar-refractivity contribution in [2.45, 2.75) is 25.4 Å². The molecule has 0 saturated carbocycles. The van der Waals surface area contributed by atoms with Gasteiger partial charge in [-0.1, -0.05) is 29.8 Å². The number of amides is 2. The number of benzene rings is 2. The van der Waals surface area contributed by atoms with Crippen LogP contribution in [0.25, 0.3) is 0 Å². The van der Waals surface area contributed by atoms with Crippen molar-refractivity contribution >= 4 is 29.1 Å². The molecule has 2 aromatic carbocycles. The van der Waals surface area contributed by atoms with Crippen LogP contribution in [-0.2, 0) is 11.3 Å². The van der Waals surface area contributed by atoms with Crippen LogP contribution in [-0.4, -0.2) is 36.4 Å². The van der Waals surface area contributed by atoms with Gasteiger partial charge in [-0.25, -0.2) is 0 Å². The zero-order valence-electron chi connectivity index (χ0n) is 14.4.